The molecule has 1 fully saturated rings. The van der Waals surface area contributed by atoms with Crippen molar-refractivity contribution in [1.82, 2.24) is 24.8 Å². The van der Waals surface area contributed by atoms with E-state index in [1.54, 1.807) is 33.7 Å². The third-order valence-electron chi connectivity index (χ3n) is 5.93. The Morgan fingerprint density at radius 3 is 2.53 bits per heavy atom. The molecule has 2 N–H and O–H groups in total. The van der Waals surface area contributed by atoms with Gasteiger partial charge in [0.2, 0.25) is 0 Å². The molecule has 1 saturated heterocycles. The van der Waals surface area contributed by atoms with E-state index in [2.05, 4.69) is 15.4 Å². The van der Waals surface area contributed by atoms with Gasteiger partial charge in [0.25, 0.3) is 11.5 Å². The number of rotatable bonds is 5. The van der Waals surface area contributed by atoms with E-state index < -0.39 is 11.5 Å². The minimum absolute atomic E-state index is 0.0360. The number of halogens is 1. The Morgan fingerprint density at radius 1 is 1.17 bits per heavy atom. The SMILES string of the molecule is CC(C)(C)OC(=O)N1CCC(c2cc(=O)[nH]c3c(C(=O)NCC(=O)c4ccccc4Cl)cnn23)CC1. The first-order chi connectivity index (χ1) is 17.0. The second-order valence-corrected chi connectivity index (χ2v) is 10.1. The van der Waals surface area contributed by atoms with Crippen LogP contribution in [0.5, 0.6) is 0 Å². The van der Waals surface area contributed by atoms with Crippen LogP contribution >= 0.6 is 11.6 Å². The standard InChI is InChI=1S/C25H28ClN5O5/c1-25(2,3)36-24(35)30-10-8-15(9-11-30)19-12-21(33)29-22-17(13-28-31(19)22)23(34)27-14-20(32)16-6-4-5-7-18(16)26/h4-7,12-13,15H,8-11,14H2,1-3H3,(H,27,34)(H,29,33). The Kier molecular flexibility index (Phi) is 7.16. The molecule has 190 valence electrons. The molecule has 11 heteroatoms. The van der Waals surface area contributed by atoms with Crippen molar-refractivity contribution in [3.8, 4) is 0 Å². The number of hydrogen-bond acceptors (Lipinski definition) is 6. The highest BCUT2D eigenvalue weighted by molar-refractivity contribution is 6.34. The third-order valence-corrected chi connectivity index (χ3v) is 6.26. The molecule has 1 aromatic carbocycles. The Labute approximate surface area is 212 Å². The summed E-state index contributed by atoms with van der Waals surface area (Å²) >= 11 is 6.06. The highest BCUT2D eigenvalue weighted by Crippen LogP contribution is 2.28. The fraction of sp³-hybridized carbons (Fsp3) is 0.400. The first-order valence-corrected chi connectivity index (χ1v) is 12.1. The summed E-state index contributed by atoms with van der Waals surface area (Å²) in [5.74, 6) is -0.916. The number of carbonyl (C=O) groups is 3. The van der Waals surface area contributed by atoms with Gasteiger partial charge < -0.3 is 19.9 Å². The zero-order valence-electron chi connectivity index (χ0n) is 20.3. The van der Waals surface area contributed by atoms with Crippen LogP contribution in [0.15, 0.2) is 41.3 Å². The molecular formula is C25H28ClN5O5. The van der Waals surface area contributed by atoms with E-state index in [0.29, 0.717) is 42.2 Å². The van der Waals surface area contributed by atoms with Crippen LogP contribution in [0.1, 0.15) is 65.9 Å². The second kappa shape index (κ2) is 10.1. The lowest BCUT2D eigenvalue weighted by Gasteiger charge is -2.33. The molecular weight excluding hydrogens is 486 g/mol. The van der Waals surface area contributed by atoms with Gasteiger partial charge >= 0.3 is 6.09 Å². The molecule has 0 unspecified atom stereocenters. The summed E-state index contributed by atoms with van der Waals surface area (Å²) in [5, 5.41) is 7.21. The molecule has 1 aliphatic heterocycles. The summed E-state index contributed by atoms with van der Waals surface area (Å²) in [6.45, 7) is 6.17. The number of carbonyl (C=O) groups excluding carboxylic acids is 3. The second-order valence-electron chi connectivity index (χ2n) is 9.70. The zero-order chi connectivity index (χ0) is 26.0. The maximum atomic E-state index is 12.8. The van der Waals surface area contributed by atoms with Crippen molar-refractivity contribution in [3.63, 3.8) is 0 Å². The average Bonchev–Trinajstić information content (AvgIpc) is 3.25. The molecule has 2 aromatic heterocycles. The van der Waals surface area contributed by atoms with Gasteiger partial charge in [0, 0.05) is 30.6 Å². The van der Waals surface area contributed by atoms with Crippen molar-refractivity contribution < 1.29 is 19.1 Å². The number of amides is 2. The number of fused-ring (bicyclic) bond motifs is 1. The van der Waals surface area contributed by atoms with Gasteiger partial charge in [0.1, 0.15) is 16.8 Å². The molecule has 3 aromatic rings. The molecule has 4 rings (SSSR count). The fourth-order valence-electron chi connectivity index (χ4n) is 4.19. The molecule has 2 amide bonds. The maximum Gasteiger partial charge on any atom is 0.410 e. The smallest absolute Gasteiger partial charge is 0.410 e. The van der Waals surface area contributed by atoms with Crippen molar-refractivity contribution in [2.75, 3.05) is 19.6 Å². The van der Waals surface area contributed by atoms with Gasteiger partial charge in [-0.25, -0.2) is 9.31 Å². The van der Waals surface area contributed by atoms with Gasteiger partial charge in [-0.05, 0) is 45.7 Å². The first-order valence-electron chi connectivity index (χ1n) is 11.7. The summed E-state index contributed by atoms with van der Waals surface area (Å²) < 4.78 is 6.99. The number of Topliss-reactive ketones (excluding diaryl/α,β-unsaturated/α-hetero) is 1. The van der Waals surface area contributed by atoms with E-state index in [1.807, 2.05) is 20.8 Å². The number of likely N-dealkylation sites (tertiary alicyclic amines) is 1. The predicted molar refractivity (Wildman–Crippen MR) is 134 cm³/mol. The lowest BCUT2D eigenvalue weighted by atomic mass is 9.93. The highest BCUT2D eigenvalue weighted by Gasteiger charge is 2.29. The number of aromatic amines is 1. The first kappa shape index (κ1) is 25.4. The summed E-state index contributed by atoms with van der Waals surface area (Å²) in [6.07, 6.45) is 2.23. The van der Waals surface area contributed by atoms with Gasteiger partial charge in [-0.2, -0.15) is 5.10 Å². The Bertz CT molecular complexity index is 1370. The lowest BCUT2D eigenvalue weighted by molar-refractivity contribution is 0.0203. The van der Waals surface area contributed by atoms with Crippen molar-refractivity contribution in [1.29, 1.82) is 0 Å². The number of ketones is 1. The molecule has 0 atom stereocenters. The number of piperidine rings is 1. The molecule has 36 heavy (non-hydrogen) atoms. The van der Waals surface area contributed by atoms with Crippen molar-refractivity contribution in [2.24, 2.45) is 0 Å². The quantitative estimate of drug-likeness (QED) is 0.503. The van der Waals surface area contributed by atoms with Crippen molar-refractivity contribution >= 4 is 35.0 Å². The topological polar surface area (TPSA) is 126 Å². The number of H-pyrrole nitrogens is 1. The number of aromatic nitrogens is 3. The number of benzene rings is 1. The molecule has 0 bridgehead atoms. The van der Waals surface area contributed by atoms with Crippen LogP contribution in [0.3, 0.4) is 0 Å². The number of hydrogen-bond donors (Lipinski definition) is 2. The van der Waals surface area contributed by atoms with Gasteiger partial charge in [0.15, 0.2) is 5.78 Å². The molecule has 1 aliphatic rings. The lowest BCUT2D eigenvalue weighted by Crippen LogP contribution is -2.41. The molecule has 0 spiro atoms. The summed E-state index contributed by atoms with van der Waals surface area (Å²) in [7, 11) is 0. The van der Waals surface area contributed by atoms with Crippen LogP contribution in [0.4, 0.5) is 4.79 Å². The number of nitrogens with one attached hydrogen (secondary N) is 2. The Balaban J connectivity index is 1.48. The monoisotopic (exact) mass is 513 g/mol. The van der Waals surface area contributed by atoms with Crippen molar-refractivity contribution in [2.45, 2.75) is 45.1 Å². The molecule has 10 nitrogen and oxygen atoms in total. The van der Waals surface area contributed by atoms with Gasteiger partial charge in [-0.1, -0.05) is 23.7 Å². The minimum Gasteiger partial charge on any atom is -0.444 e. The largest absolute Gasteiger partial charge is 0.444 e. The third kappa shape index (κ3) is 5.59. The van der Waals surface area contributed by atoms with Gasteiger partial charge in [0.05, 0.1) is 23.5 Å². The molecule has 3 heterocycles. The van der Waals surface area contributed by atoms with E-state index in [9.17, 15) is 19.2 Å². The maximum absolute atomic E-state index is 12.8. The molecule has 0 radical (unpaired) electrons. The van der Waals surface area contributed by atoms with Crippen LogP contribution < -0.4 is 10.9 Å². The van der Waals surface area contributed by atoms with Crippen molar-refractivity contribution in [3.05, 3.63) is 68.7 Å². The van der Waals surface area contributed by atoms with Crippen LogP contribution in [-0.4, -0.2) is 62.5 Å². The van der Waals surface area contributed by atoms with E-state index in [1.165, 1.54) is 12.3 Å². The summed E-state index contributed by atoms with van der Waals surface area (Å²) in [6, 6.07) is 8.06. The van der Waals surface area contributed by atoms with Crippen LogP contribution in [0.2, 0.25) is 5.02 Å². The van der Waals surface area contributed by atoms with Gasteiger partial charge in [-0.15, -0.1) is 0 Å². The Morgan fingerprint density at radius 2 is 1.86 bits per heavy atom. The number of ether oxygens (including phenoxy) is 1. The van der Waals surface area contributed by atoms with Crippen LogP contribution in [0, 0.1) is 0 Å². The van der Waals surface area contributed by atoms with Gasteiger partial charge in [-0.3, -0.25) is 14.4 Å². The van der Waals surface area contributed by atoms with E-state index >= 15 is 0 Å². The Hall–Kier alpha value is -3.66. The summed E-state index contributed by atoms with van der Waals surface area (Å²) in [5.41, 5.74) is 0.420. The fourth-order valence-corrected chi connectivity index (χ4v) is 4.43. The average molecular weight is 514 g/mol. The van der Waals surface area contributed by atoms with E-state index in [4.69, 9.17) is 16.3 Å². The van der Waals surface area contributed by atoms with Crippen LogP contribution in [-0.2, 0) is 4.74 Å². The van der Waals surface area contributed by atoms with E-state index in [-0.39, 0.29) is 41.1 Å². The normalized spacial score (nSPS) is 14.6. The predicted octanol–water partition coefficient (Wildman–Crippen LogP) is 3.40. The molecule has 0 saturated carbocycles. The molecule has 0 aliphatic carbocycles. The summed E-state index contributed by atoms with van der Waals surface area (Å²) in [4.78, 5) is 54.5. The van der Waals surface area contributed by atoms with Crippen LogP contribution in [0.25, 0.3) is 5.65 Å². The highest BCUT2D eigenvalue weighted by atomic mass is 35.5. The number of nitrogens with zero attached hydrogens (tertiary/aromatic N) is 3. The zero-order valence-corrected chi connectivity index (χ0v) is 21.1. The minimum atomic E-state index is -0.573. The van der Waals surface area contributed by atoms with E-state index in [0.717, 1.165) is 0 Å².